The van der Waals surface area contributed by atoms with Crippen LogP contribution in [0.3, 0.4) is 0 Å². The van der Waals surface area contributed by atoms with Gasteiger partial charge in [-0.25, -0.2) is 0 Å². The van der Waals surface area contributed by atoms with Crippen molar-refractivity contribution >= 4 is 11.3 Å². The predicted molar refractivity (Wildman–Crippen MR) is 97.0 cm³/mol. The smallest absolute Gasteiger partial charge is 0.120 e. The van der Waals surface area contributed by atoms with Crippen LogP contribution in [0.2, 0.25) is 0 Å². The lowest BCUT2D eigenvalue weighted by Gasteiger charge is -2.10. The van der Waals surface area contributed by atoms with E-state index in [1.165, 1.54) is 0 Å². The highest BCUT2D eigenvalue weighted by Crippen LogP contribution is 2.28. The van der Waals surface area contributed by atoms with Crippen LogP contribution < -0.4 is 15.8 Å². The fraction of sp³-hybridized carbons (Fsp3) is 0.211. The lowest BCUT2D eigenvalue weighted by molar-refractivity contribution is 0.415. The number of rotatable bonds is 7. The Bertz CT molecular complexity index is 691. The van der Waals surface area contributed by atoms with E-state index in [2.05, 4.69) is 18.0 Å². The molecule has 0 heterocycles. The molecule has 0 bridgehead atoms. The fourth-order valence-electron chi connectivity index (χ4n) is 2.04. The summed E-state index contributed by atoms with van der Waals surface area (Å²) in [5, 5.41) is 12.6. The van der Waals surface area contributed by atoms with Crippen LogP contribution in [0, 0.1) is 11.3 Å². The largest absolute Gasteiger partial charge is 0.497 e. The third kappa shape index (κ3) is 5.40. The normalized spacial score (nSPS) is 12.1. The Hall–Kier alpha value is -2.93. The van der Waals surface area contributed by atoms with Crippen LogP contribution in [0.1, 0.15) is 18.9 Å². The number of nitrogens with one attached hydrogen (secondary N) is 1. The molecular formula is C19H23N3O. The predicted octanol–water partition coefficient (Wildman–Crippen LogP) is 4.01. The molecular weight excluding hydrogens is 286 g/mol. The maximum Gasteiger partial charge on any atom is 0.120 e. The number of methoxy groups -OCH3 is 1. The molecule has 0 spiro atoms. The quantitative estimate of drug-likeness (QED) is 0.589. The van der Waals surface area contributed by atoms with E-state index >= 15 is 0 Å². The molecule has 0 aliphatic rings. The topological polar surface area (TPSA) is 71.1 Å². The van der Waals surface area contributed by atoms with Crippen molar-refractivity contribution in [1.82, 2.24) is 0 Å². The van der Waals surface area contributed by atoms with Crippen molar-refractivity contribution in [2.24, 2.45) is 5.73 Å². The Labute approximate surface area is 138 Å². The SMILES string of the molecule is C=C(N)\C=C/C(/C=C(\C#N)c1ccc(OC)cc1NC)=C\CC. The summed E-state index contributed by atoms with van der Waals surface area (Å²) in [5.74, 6) is 0.735. The second kappa shape index (κ2) is 9.16. The molecule has 0 amide bonds. The van der Waals surface area contributed by atoms with E-state index < -0.39 is 0 Å². The van der Waals surface area contributed by atoms with Crippen LogP contribution in [-0.2, 0) is 0 Å². The molecule has 0 saturated carbocycles. The van der Waals surface area contributed by atoms with Crippen molar-refractivity contribution < 1.29 is 4.74 Å². The van der Waals surface area contributed by atoms with Crippen molar-refractivity contribution in [2.75, 3.05) is 19.5 Å². The summed E-state index contributed by atoms with van der Waals surface area (Å²) >= 11 is 0. The number of hydrogen-bond donors (Lipinski definition) is 2. The van der Waals surface area contributed by atoms with E-state index in [-0.39, 0.29) is 0 Å². The fourth-order valence-corrected chi connectivity index (χ4v) is 2.04. The minimum absolute atomic E-state index is 0.472. The monoisotopic (exact) mass is 309 g/mol. The van der Waals surface area contributed by atoms with E-state index in [4.69, 9.17) is 10.5 Å². The summed E-state index contributed by atoms with van der Waals surface area (Å²) in [6, 6.07) is 7.83. The van der Waals surface area contributed by atoms with Crippen molar-refractivity contribution in [3.8, 4) is 11.8 Å². The minimum atomic E-state index is 0.472. The summed E-state index contributed by atoms with van der Waals surface area (Å²) in [4.78, 5) is 0. The van der Waals surface area contributed by atoms with Gasteiger partial charge in [-0.1, -0.05) is 25.7 Å². The summed E-state index contributed by atoms with van der Waals surface area (Å²) < 4.78 is 5.22. The highest BCUT2D eigenvalue weighted by molar-refractivity contribution is 5.86. The zero-order valence-electron chi connectivity index (χ0n) is 13.9. The number of nitrogens with zero attached hydrogens (tertiary/aromatic N) is 1. The molecule has 4 heteroatoms. The number of anilines is 1. The zero-order valence-corrected chi connectivity index (χ0v) is 13.9. The van der Waals surface area contributed by atoms with Gasteiger partial charge >= 0.3 is 0 Å². The summed E-state index contributed by atoms with van der Waals surface area (Å²) in [6.45, 7) is 5.68. The number of ether oxygens (including phenoxy) is 1. The van der Waals surface area contributed by atoms with Gasteiger partial charge in [0.2, 0.25) is 0 Å². The number of benzene rings is 1. The molecule has 23 heavy (non-hydrogen) atoms. The zero-order chi connectivity index (χ0) is 17.2. The number of allylic oxidation sites excluding steroid dienone is 6. The number of nitriles is 1. The molecule has 4 nitrogen and oxygen atoms in total. The second-order valence-corrected chi connectivity index (χ2v) is 4.85. The minimum Gasteiger partial charge on any atom is -0.497 e. The number of hydrogen-bond acceptors (Lipinski definition) is 4. The van der Waals surface area contributed by atoms with Crippen LogP contribution in [0.5, 0.6) is 5.75 Å². The van der Waals surface area contributed by atoms with Crippen molar-refractivity contribution in [3.63, 3.8) is 0 Å². The highest BCUT2D eigenvalue weighted by Gasteiger charge is 2.08. The average molecular weight is 309 g/mol. The van der Waals surface area contributed by atoms with Gasteiger partial charge in [-0.05, 0) is 36.3 Å². The Morgan fingerprint density at radius 1 is 1.43 bits per heavy atom. The molecule has 1 aromatic carbocycles. The average Bonchev–Trinajstić information content (AvgIpc) is 2.56. The van der Waals surface area contributed by atoms with Gasteiger partial charge in [-0.15, -0.1) is 0 Å². The van der Waals surface area contributed by atoms with E-state index in [0.29, 0.717) is 11.3 Å². The standard InChI is InChI=1S/C19H23N3O/c1-5-6-15(8-7-14(2)21)11-16(13-20)18-10-9-17(23-4)12-19(18)22-3/h6-12,22H,2,5,21H2,1,3-4H3/b8-7-,15-6+,16-11+. The van der Waals surface area contributed by atoms with Gasteiger partial charge < -0.3 is 15.8 Å². The summed E-state index contributed by atoms with van der Waals surface area (Å²) in [5.41, 5.74) is 9.16. The first-order valence-electron chi connectivity index (χ1n) is 7.36. The molecule has 0 saturated heterocycles. The van der Waals surface area contributed by atoms with Crippen LogP contribution in [0.25, 0.3) is 5.57 Å². The third-order valence-electron chi connectivity index (χ3n) is 3.15. The van der Waals surface area contributed by atoms with Gasteiger partial charge in [0.25, 0.3) is 0 Å². The van der Waals surface area contributed by atoms with Crippen LogP contribution in [0.15, 0.2) is 60.4 Å². The van der Waals surface area contributed by atoms with E-state index in [0.717, 1.165) is 29.0 Å². The maximum absolute atomic E-state index is 9.55. The number of nitrogens with two attached hydrogens (primary N) is 1. The molecule has 0 atom stereocenters. The Morgan fingerprint density at radius 3 is 2.70 bits per heavy atom. The molecule has 0 unspecified atom stereocenters. The van der Waals surface area contributed by atoms with E-state index in [1.54, 1.807) is 13.2 Å². The molecule has 1 aromatic rings. The molecule has 0 radical (unpaired) electrons. The van der Waals surface area contributed by atoms with Crippen LogP contribution in [-0.4, -0.2) is 14.2 Å². The molecule has 1 rings (SSSR count). The molecule has 0 aliphatic carbocycles. The molecule has 0 aliphatic heterocycles. The van der Waals surface area contributed by atoms with Crippen molar-refractivity contribution in [3.05, 3.63) is 65.9 Å². The molecule has 120 valence electrons. The van der Waals surface area contributed by atoms with Crippen molar-refractivity contribution in [1.29, 1.82) is 5.26 Å². The van der Waals surface area contributed by atoms with E-state index in [9.17, 15) is 5.26 Å². The molecule has 3 N–H and O–H groups in total. The first kappa shape index (κ1) is 18.1. The Balaban J connectivity index is 3.33. The van der Waals surface area contributed by atoms with Gasteiger partial charge in [0.1, 0.15) is 5.75 Å². The Kier molecular flexibility index (Phi) is 7.22. The Morgan fingerprint density at radius 2 is 2.17 bits per heavy atom. The highest BCUT2D eigenvalue weighted by atomic mass is 16.5. The molecule has 0 fully saturated rings. The van der Waals surface area contributed by atoms with Gasteiger partial charge in [0, 0.05) is 30.1 Å². The summed E-state index contributed by atoms with van der Waals surface area (Å²) in [7, 11) is 3.43. The summed E-state index contributed by atoms with van der Waals surface area (Å²) in [6.07, 6.45) is 8.30. The first-order valence-corrected chi connectivity index (χ1v) is 7.36. The van der Waals surface area contributed by atoms with Gasteiger partial charge in [-0.2, -0.15) is 5.26 Å². The molecule has 0 aromatic heterocycles. The lowest BCUT2D eigenvalue weighted by atomic mass is 10.0. The van der Waals surface area contributed by atoms with Crippen LogP contribution >= 0.6 is 0 Å². The van der Waals surface area contributed by atoms with Crippen molar-refractivity contribution in [2.45, 2.75) is 13.3 Å². The maximum atomic E-state index is 9.55. The third-order valence-corrected chi connectivity index (χ3v) is 3.15. The van der Waals surface area contributed by atoms with Gasteiger partial charge in [-0.3, -0.25) is 0 Å². The van der Waals surface area contributed by atoms with Crippen LogP contribution in [0.4, 0.5) is 5.69 Å². The van der Waals surface area contributed by atoms with Gasteiger partial charge in [0.15, 0.2) is 0 Å². The second-order valence-electron chi connectivity index (χ2n) is 4.85. The van der Waals surface area contributed by atoms with Gasteiger partial charge in [0.05, 0.1) is 18.8 Å². The van der Waals surface area contributed by atoms with E-state index in [1.807, 2.05) is 50.4 Å². The lowest BCUT2D eigenvalue weighted by Crippen LogP contribution is -1.96. The first-order chi connectivity index (χ1) is 11.0.